The van der Waals surface area contributed by atoms with Crippen molar-refractivity contribution in [1.82, 2.24) is 4.98 Å². The maximum Gasteiger partial charge on any atom is 0.221 e. The van der Waals surface area contributed by atoms with E-state index in [2.05, 4.69) is 31.1 Å². The second-order valence-electron chi connectivity index (χ2n) is 6.91. The molecule has 0 radical (unpaired) electrons. The van der Waals surface area contributed by atoms with Gasteiger partial charge in [0.25, 0.3) is 0 Å². The van der Waals surface area contributed by atoms with E-state index in [1.54, 1.807) is 6.20 Å². The maximum absolute atomic E-state index is 11.2. The number of aromatic amines is 1. The highest BCUT2D eigenvalue weighted by molar-refractivity contribution is 5.92. The summed E-state index contributed by atoms with van der Waals surface area (Å²) in [5.41, 5.74) is 7.04. The van der Waals surface area contributed by atoms with Gasteiger partial charge in [-0.1, -0.05) is 6.07 Å². The van der Waals surface area contributed by atoms with Gasteiger partial charge in [0.1, 0.15) is 25.0 Å². The highest BCUT2D eigenvalue weighted by Gasteiger charge is 2.17. The summed E-state index contributed by atoms with van der Waals surface area (Å²) in [6.07, 6.45) is 1.36. The minimum Gasteiger partial charge on any atom is -1.00 e. The van der Waals surface area contributed by atoms with E-state index in [4.69, 9.17) is 10.5 Å². The Morgan fingerprint density at radius 1 is 1.42 bits per heavy atom. The molecule has 0 aliphatic heterocycles. The third-order valence-electron chi connectivity index (χ3n) is 3.55. The van der Waals surface area contributed by atoms with E-state index < -0.39 is 6.10 Å². The van der Waals surface area contributed by atoms with Crippen LogP contribution >= 0.6 is 0 Å². The molecule has 2 rings (SSSR count). The van der Waals surface area contributed by atoms with Gasteiger partial charge < -0.3 is 38.3 Å². The van der Waals surface area contributed by atoms with E-state index in [1.807, 2.05) is 18.2 Å². The van der Waals surface area contributed by atoms with Gasteiger partial charge in [0.2, 0.25) is 5.91 Å². The number of quaternary nitrogens is 1. The van der Waals surface area contributed by atoms with Crippen LogP contribution in [0, 0.1) is 0 Å². The number of fused-ring (bicyclic) bond motifs is 1. The molecule has 1 unspecified atom stereocenters. The molecule has 0 bridgehead atoms. The molecule has 0 fully saturated rings. The Balaban J connectivity index is 0.00000288. The number of ether oxygens (including phenoxy) is 1. The van der Waals surface area contributed by atoms with Gasteiger partial charge >= 0.3 is 0 Å². The number of benzene rings is 1. The topological polar surface area (TPSA) is 105 Å². The van der Waals surface area contributed by atoms with Crippen molar-refractivity contribution in [1.29, 1.82) is 0 Å². The molecule has 24 heavy (non-hydrogen) atoms. The van der Waals surface area contributed by atoms with Gasteiger partial charge in [-0.15, -0.1) is 0 Å². The van der Waals surface area contributed by atoms with Crippen molar-refractivity contribution in [3.8, 4) is 5.75 Å². The number of aliphatic hydroxyl groups excluding tert-OH is 1. The van der Waals surface area contributed by atoms with Crippen LogP contribution in [0.1, 0.15) is 26.3 Å². The highest BCUT2D eigenvalue weighted by atomic mass is 35.5. The zero-order valence-electron chi connectivity index (χ0n) is 14.3. The molecule has 1 heterocycles. The third-order valence-corrected chi connectivity index (χ3v) is 3.55. The van der Waals surface area contributed by atoms with Crippen LogP contribution in [-0.4, -0.2) is 40.8 Å². The van der Waals surface area contributed by atoms with E-state index in [9.17, 15) is 9.90 Å². The largest absolute Gasteiger partial charge is 1.00 e. The fourth-order valence-electron chi connectivity index (χ4n) is 2.41. The average molecular weight is 356 g/mol. The van der Waals surface area contributed by atoms with Crippen molar-refractivity contribution < 1.29 is 32.4 Å². The molecule has 0 aliphatic rings. The number of carbonyl (C=O) groups is 1. The SMILES string of the molecule is CC(C)(C)[NH2+]CC(O)COc1cccc2[nH]cc(CC(N)=O)c12.[Cl-]. The number of nitrogens with one attached hydrogen (secondary N) is 1. The van der Waals surface area contributed by atoms with Crippen molar-refractivity contribution in [3.05, 3.63) is 30.0 Å². The van der Waals surface area contributed by atoms with E-state index in [1.165, 1.54) is 0 Å². The van der Waals surface area contributed by atoms with Crippen LogP contribution < -0.4 is 28.2 Å². The summed E-state index contributed by atoms with van der Waals surface area (Å²) in [4.78, 5) is 14.3. The van der Waals surface area contributed by atoms with Crippen molar-refractivity contribution in [2.45, 2.75) is 38.8 Å². The number of amides is 1. The molecule has 2 aromatic rings. The zero-order chi connectivity index (χ0) is 17.0. The number of aliphatic hydroxyl groups is 1. The van der Waals surface area contributed by atoms with Crippen molar-refractivity contribution in [3.63, 3.8) is 0 Å². The molecular weight excluding hydrogens is 330 g/mol. The Hall–Kier alpha value is -1.76. The van der Waals surface area contributed by atoms with Gasteiger partial charge in [0.15, 0.2) is 0 Å². The summed E-state index contributed by atoms with van der Waals surface area (Å²) in [6, 6.07) is 5.62. The lowest BCUT2D eigenvalue weighted by Crippen LogP contribution is -3.00. The molecule has 6 N–H and O–H groups in total. The Morgan fingerprint density at radius 3 is 2.75 bits per heavy atom. The van der Waals surface area contributed by atoms with Crippen molar-refractivity contribution in [2.75, 3.05) is 13.2 Å². The molecule has 1 amide bonds. The van der Waals surface area contributed by atoms with Crippen LogP contribution in [0.5, 0.6) is 5.75 Å². The number of nitrogens with two attached hydrogens (primary N) is 2. The number of aromatic nitrogens is 1. The fraction of sp³-hybridized carbons (Fsp3) is 0.471. The first-order valence-electron chi connectivity index (χ1n) is 7.79. The van der Waals surface area contributed by atoms with Gasteiger partial charge in [-0.3, -0.25) is 4.79 Å². The van der Waals surface area contributed by atoms with E-state index >= 15 is 0 Å². The van der Waals surface area contributed by atoms with Gasteiger partial charge in [0, 0.05) is 17.1 Å². The van der Waals surface area contributed by atoms with Crippen LogP contribution in [0.25, 0.3) is 10.9 Å². The smallest absolute Gasteiger partial charge is 0.221 e. The third kappa shape index (κ3) is 5.70. The molecule has 0 aliphatic carbocycles. The van der Waals surface area contributed by atoms with Crippen LogP contribution in [0.15, 0.2) is 24.4 Å². The molecule has 1 aromatic heterocycles. The van der Waals surface area contributed by atoms with Crippen LogP contribution in [0.2, 0.25) is 0 Å². The lowest BCUT2D eigenvalue weighted by Gasteiger charge is -2.19. The Labute approximate surface area is 148 Å². The van der Waals surface area contributed by atoms with E-state index in [0.717, 1.165) is 16.5 Å². The Kier molecular flexibility index (Phi) is 7.08. The molecule has 0 saturated heterocycles. The second-order valence-corrected chi connectivity index (χ2v) is 6.91. The number of rotatable bonds is 7. The Bertz CT molecular complexity index is 679. The maximum atomic E-state index is 11.2. The zero-order valence-corrected chi connectivity index (χ0v) is 15.1. The number of H-pyrrole nitrogens is 1. The molecule has 1 atom stereocenters. The van der Waals surface area contributed by atoms with Gasteiger partial charge in [-0.2, -0.15) is 0 Å². The first-order valence-corrected chi connectivity index (χ1v) is 7.79. The summed E-state index contributed by atoms with van der Waals surface area (Å²) in [5, 5.41) is 13.0. The fourth-order valence-corrected chi connectivity index (χ4v) is 2.41. The summed E-state index contributed by atoms with van der Waals surface area (Å²) in [6.45, 7) is 7.05. The highest BCUT2D eigenvalue weighted by Crippen LogP contribution is 2.29. The average Bonchev–Trinajstić information content (AvgIpc) is 2.85. The van der Waals surface area contributed by atoms with Crippen LogP contribution in [0.4, 0.5) is 0 Å². The monoisotopic (exact) mass is 355 g/mol. The summed E-state index contributed by atoms with van der Waals surface area (Å²) in [7, 11) is 0. The van der Waals surface area contributed by atoms with Gasteiger partial charge in [-0.25, -0.2) is 0 Å². The standard InChI is InChI=1S/C17H25N3O3.ClH/c1-17(2,3)20-9-12(21)10-23-14-6-4-5-13-16(14)11(8-19-13)7-15(18)22;/h4-6,8,12,19-21H,7,9-10H2,1-3H3,(H2,18,22);1H. The summed E-state index contributed by atoms with van der Waals surface area (Å²) < 4.78 is 5.78. The summed E-state index contributed by atoms with van der Waals surface area (Å²) >= 11 is 0. The van der Waals surface area contributed by atoms with Crippen molar-refractivity contribution >= 4 is 16.8 Å². The number of carbonyl (C=O) groups excluding carboxylic acids is 1. The van der Waals surface area contributed by atoms with E-state index in [-0.39, 0.29) is 36.9 Å². The molecule has 0 spiro atoms. The first kappa shape index (κ1) is 20.3. The minimum absolute atomic E-state index is 0. The molecule has 0 saturated carbocycles. The predicted octanol–water partition coefficient (Wildman–Crippen LogP) is -2.70. The van der Waals surface area contributed by atoms with Crippen molar-refractivity contribution in [2.24, 2.45) is 5.73 Å². The minimum atomic E-state index is -0.567. The predicted molar refractivity (Wildman–Crippen MR) is 89.2 cm³/mol. The van der Waals surface area contributed by atoms with Gasteiger partial charge in [0.05, 0.1) is 12.0 Å². The van der Waals surface area contributed by atoms with E-state index in [0.29, 0.717) is 12.3 Å². The summed E-state index contributed by atoms with van der Waals surface area (Å²) in [5.74, 6) is 0.260. The number of halogens is 1. The molecule has 7 heteroatoms. The normalized spacial score (nSPS) is 12.7. The lowest BCUT2D eigenvalue weighted by molar-refractivity contribution is -0.722. The van der Waals surface area contributed by atoms with Gasteiger partial charge in [-0.05, 0) is 38.5 Å². The lowest BCUT2D eigenvalue weighted by atomic mass is 10.1. The molecule has 134 valence electrons. The number of hydrogen-bond donors (Lipinski definition) is 4. The number of primary amides is 1. The molecule has 1 aromatic carbocycles. The number of hydrogen-bond acceptors (Lipinski definition) is 3. The first-order chi connectivity index (χ1) is 10.8. The Morgan fingerprint density at radius 2 is 2.12 bits per heavy atom. The molecular formula is C17H26ClN3O3. The van der Waals surface area contributed by atoms with Crippen LogP contribution in [-0.2, 0) is 11.2 Å². The molecule has 6 nitrogen and oxygen atoms in total. The quantitative estimate of drug-likeness (QED) is 0.434. The van der Waals surface area contributed by atoms with Crippen LogP contribution in [0.3, 0.4) is 0 Å². The second kappa shape index (κ2) is 8.37.